The molecule has 0 unspecified atom stereocenters. The van der Waals surface area contributed by atoms with E-state index in [9.17, 15) is 19.7 Å². The highest BCUT2D eigenvalue weighted by molar-refractivity contribution is 6.00. The normalized spacial score (nSPS) is 15.5. The van der Waals surface area contributed by atoms with E-state index in [0.717, 1.165) is 5.56 Å². The summed E-state index contributed by atoms with van der Waals surface area (Å²) in [4.78, 5) is 37.4. The zero-order valence-corrected chi connectivity index (χ0v) is 16.0. The van der Waals surface area contributed by atoms with Crippen molar-refractivity contribution >= 4 is 17.7 Å². The topological polar surface area (TPSA) is 99.0 Å². The summed E-state index contributed by atoms with van der Waals surface area (Å²) in [7, 11) is 1.20. The van der Waals surface area contributed by atoms with Gasteiger partial charge in [0.05, 0.1) is 24.3 Å². The number of rotatable bonds is 5. The summed E-state index contributed by atoms with van der Waals surface area (Å²) in [5.74, 6) is -1.54. The summed E-state index contributed by atoms with van der Waals surface area (Å²) in [6, 6.07) is 15.9. The molecule has 1 heterocycles. The minimum absolute atomic E-state index is 0.0531. The molecular formula is C21H20N2O6. The average Bonchev–Trinajstić information content (AvgIpc) is 2.72. The summed E-state index contributed by atoms with van der Waals surface area (Å²) >= 11 is 0. The van der Waals surface area contributed by atoms with Crippen LogP contribution in [0.4, 0.5) is 10.5 Å². The van der Waals surface area contributed by atoms with Gasteiger partial charge in [-0.1, -0.05) is 48.5 Å². The smallest absolute Gasteiger partial charge is 0.419 e. The van der Waals surface area contributed by atoms with Crippen LogP contribution in [0, 0.1) is 10.1 Å². The molecule has 0 saturated carbocycles. The van der Waals surface area contributed by atoms with Crippen molar-refractivity contribution in [2.75, 3.05) is 18.6 Å². The highest BCUT2D eigenvalue weighted by Gasteiger charge is 2.40. The van der Waals surface area contributed by atoms with E-state index in [1.165, 1.54) is 12.0 Å². The number of ether oxygens (including phenoxy) is 2. The molecule has 2 aromatic rings. The van der Waals surface area contributed by atoms with Crippen molar-refractivity contribution in [2.45, 2.75) is 19.4 Å². The molecular weight excluding hydrogens is 376 g/mol. The summed E-state index contributed by atoms with van der Waals surface area (Å²) in [6.45, 7) is 1.11. The van der Waals surface area contributed by atoms with Crippen LogP contribution in [-0.2, 0) is 20.9 Å². The number of carbonyl (C=O) groups excluding carboxylic acids is 2. The number of methoxy groups -OCH3 is 1. The lowest BCUT2D eigenvalue weighted by Gasteiger charge is -2.34. The van der Waals surface area contributed by atoms with Gasteiger partial charge in [-0.3, -0.25) is 10.1 Å². The molecule has 8 nitrogen and oxygen atoms in total. The average molecular weight is 396 g/mol. The highest BCUT2D eigenvalue weighted by atomic mass is 16.6. The summed E-state index contributed by atoms with van der Waals surface area (Å²) in [6.07, 6.45) is -0.681. The molecule has 0 N–H and O–H groups in total. The van der Waals surface area contributed by atoms with Gasteiger partial charge >= 0.3 is 12.1 Å². The predicted octanol–water partition coefficient (Wildman–Crippen LogP) is 3.65. The first-order valence-electron chi connectivity index (χ1n) is 8.94. The molecule has 0 aromatic heterocycles. The summed E-state index contributed by atoms with van der Waals surface area (Å²) < 4.78 is 10.3. The number of hydrogen-bond donors (Lipinski definition) is 0. The molecule has 0 saturated heterocycles. The molecule has 0 aliphatic carbocycles. The van der Waals surface area contributed by atoms with Crippen molar-refractivity contribution in [1.29, 1.82) is 0 Å². The lowest BCUT2D eigenvalue weighted by atomic mass is 9.85. The van der Waals surface area contributed by atoms with Crippen molar-refractivity contribution in [2.24, 2.45) is 0 Å². The Balaban J connectivity index is 2.01. The van der Waals surface area contributed by atoms with E-state index >= 15 is 0 Å². The van der Waals surface area contributed by atoms with Gasteiger partial charge in [-0.15, -0.1) is 0 Å². The minimum atomic E-state index is -0.827. The number of amides is 1. The number of para-hydroxylation sites is 1. The molecule has 3 rings (SSSR count). The van der Waals surface area contributed by atoms with Crippen LogP contribution in [0.5, 0.6) is 0 Å². The van der Waals surface area contributed by atoms with E-state index in [2.05, 4.69) is 0 Å². The zero-order valence-electron chi connectivity index (χ0n) is 16.0. The third kappa shape index (κ3) is 4.11. The number of anilines is 1. The fraction of sp³-hybridized carbons (Fsp3) is 0.238. The van der Waals surface area contributed by atoms with Crippen molar-refractivity contribution < 1.29 is 24.0 Å². The van der Waals surface area contributed by atoms with Crippen LogP contribution in [-0.4, -0.2) is 30.6 Å². The maximum Gasteiger partial charge on any atom is 0.419 e. The van der Waals surface area contributed by atoms with Crippen molar-refractivity contribution in [1.82, 2.24) is 0 Å². The minimum Gasteiger partial charge on any atom is -0.466 e. The van der Waals surface area contributed by atoms with Gasteiger partial charge in [-0.2, -0.15) is 0 Å². The van der Waals surface area contributed by atoms with Gasteiger partial charge in [0.15, 0.2) is 0 Å². The third-order valence-corrected chi connectivity index (χ3v) is 4.75. The Hall–Kier alpha value is -3.68. The number of nitrogens with zero attached hydrogens (tertiary/aromatic N) is 2. The van der Waals surface area contributed by atoms with E-state index in [1.54, 1.807) is 31.2 Å². The lowest BCUT2D eigenvalue weighted by molar-refractivity contribution is -0.481. The molecule has 0 fully saturated rings. The Kier molecular flexibility index (Phi) is 5.92. The Morgan fingerprint density at radius 3 is 2.41 bits per heavy atom. The van der Waals surface area contributed by atoms with Gasteiger partial charge in [0.1, 0.15) is 6.61 Å². The number of benzene rings is 2. The molecule has 1 aliphatic heterocycles. The fourth-order valence-electron chi connectivity index (χ4n) is 3.45. The second-order valence-electron chi connectivity index (χ2n) is 6.49. The van der Waals surface area contributed by atoms with E-state index < -0.39 is 29.4 Å². The molecule has 0 spiro atoms. The molecule has 1 amide bonds. The maximum atomic E-state index is 12.9. The van der Waals surface area contributed by atoms with Crippen molar-refractivity contribution in [3.8, 4) is 0 Å². The van der Waals surface area contributed by atoms with Crippen LogP contribution in [0.3, 0.4) is 0 Å². The number of nitro groups is 1. The maximum absolute atomic E-state index is 12.9. The fourth-order valence-corrected chi connectivity index (χ4v) is 3.45. The molecule has 0 bridgehead atoms. The Labute approximate surface area is 167 Å². The highest BCUT2D eigenvalue weighted by Crippen LogP contribution is 2.42. The molecule has 1 atom stereocenters. The monoisotopic (exact) mass is 396 g/mol. The predicted molar refractivity (Wildman–Crippen MR) is 105 cm³/mol. The number of allylic oxidation sites excluding steroid dienone is 1. The SMILES string of the molecule is COC(=O)C1=C(C)N(C(=O)OCc2ccccc2)c2ccccc2[C@H]1C[N+](=O)[O-]. The molecule has 8 heteroatoms. The second-order valence-corrected chi connectivity index (χ2v) is 6.49. The van der Waals surface area contributed by atoms with Gasteiger partial charge < -0.3 is 9.47 Å². The van der Waals surface area contributed by atoms with Gasteiger partial charge in [0.2, 0.25) is 6.54 Å². The first-order valence-corrected chi connectivity index (χ1v) is 8.94. The van der Waals surface area contributed by atoms with Crippen LogP contribution in [0.1, 0.15) is 24.0 Å². The number of esters is 1. The molecule has 1 aliphatic rings. The Bertz CT molecular complexity index is 970. The van der Waals surface area contributed by atoms with Crippen molar-refractivity contribution in [3.63, 3.8) is 0 Å². The van der Waals surface area contributed by atoms with Crippen LogP contribution in [0.15, 0.2) is 65.9 Å². The molecule has 150 valence electrons. The van der Waals surface area contributed by atoms with Gasteiger partial charge in [-0.05, 0) is 24.1 Å². The van der Waals surface area contributed by atoms with Gasteiger partial charge in [-0.25, -0.2) is 14.5 Å². The molecule has 0 radical (unpaired) electrons. The first-order chi connectivity index (χ1) is 13.9. The third-order valence-electron chi connectivity index (χ3n) is 4.75. The first kappa shape index (κ1) is 20.1. The second kappa shape index (κ2) is 8.55. The van der Waals surface area contributed by atoms with Gasteiger partial charge in [0, 0.05) is 10.6 Å². The van der Waals surface area contributed by atoms with E-state index in [0.29, 0.717) is 11.3 Å². The lowest BCUT2D eigenvalue weighted by Crippen LogP contribution is -2.38. The number of fused-ring (bicyclic) bond motifs is 1. The Morgan fingerprint density at radius 1 is 1.10 bits per heavy atom. The van der Waals surface area contributed by atoms with Crippen LogP contribution < -0.4 is 4.90 Å². The number of hydrogen-bond acceptors (Lipinski definition) is 6. The largest absolute Gasteiger partial charge is 0.466 e. The van der Waals surface area contributed by atoms with E-state index in [-0.39, 0.29) is 17.9 Å². The van der Waals surface area contributed by atoms with Crippen LogP contribution in [0.2, 0.25) is 0 Å². The van der Waals surface area contributed by atoms with Crippen molar-refractivity contribution in [3.05, 3.63) is 87.1 Å². The van der Waals surface area contributed by atoms with Gasteiger partial charge in [0.25, 0.3) is 0 Å². The van der Waals surface area contributed by atoms with E-state index in [4.69, 9.17) is 9.47 Å². The Morgan fingerprint density at radius 2 is 1.76 bits per heavy atom. The molecule has 2 aromatic carbocycles. The summed E-state index contributed by atoms with van der Waals surface area (Å²) in [5, 5.41) is 11.2. The van der Waals surface area contributed by atoms with Crippen LogP contribution >= 0.6 is 0 Å². The molecule has 29 heavy (non-hydrogen) atoms. The van der Waals surface area contributed by atoms with Crippen LogP contribution in [0.25, 0.3) is 0 Å². The number of carbonyl (C=O) groups is 2. The quantitative estimate of drug-likeness (QED) is 0.435. The van der Waals surface area contributed by atoms with E-state index in [1.807, 2.05) is 30.3 Å². The standard InChI is InChI=1S/C21H20N2O6/c1-14-19(20(24)28-2)17(12-22(26)27)16-10-6-7-11-18(16)23(14)21(25)29-13-15-8-4-3-5-9-15/h3-11,17H,12-13H2,1-2H3/t17-/m1/s1. The zero-order chi connectivity index (χ0) is 21.0. The summed E-state index contributed by atoms with van der Waals surface area (Å²) in [5.41, 5.74) is 2.07.